The first kappa shape index (κ1) is 19.4. The van der Waals surface area contributed by atoms with E-state index < -0.39 is 0 Å². The Bertz CT molecular complexity index is 554. The average molecular weight is 358 g/mol. The Hall–Kier alpha value is -1.39. The van der Waals surface area contributed by atoms with Crippen LogP contribution in [0.4, 0.5) is 0 Å². The Morgan fingerprint density at radius 3 is 2.54 bits per heavy atom. The summed E-state index contributed by atoms with van der Waals surface area (Å²) >= 11 is 0. The second kappa shape index (κ2) is 9.52. The molecule has 1 amide bonds. The summed E-state index contributed by atoms with van der Waals surface area (Å²) in [7, 11) is 2.19. The molecule has 2 fully saturated rings. The highest BCUT2D eigenvalue weighted by molar-refractivity contribution is 5.76. The van der Waals surface area contributed by atoms with Crippen molar-refractivity contribution in [1.29, 1.82) is 0 Å². The number of carbonyl (C=O) groups is 1. The molecule has 1 aromatic carbocycles. The first-order valence-electron chi connectivity index (χ1n) is 10.4. The molecule has 2 heterocycles. The molecule has 1 N–H and O–H groups in total. The van der Waals surface area contributed by atoms with E-state index in [0.717, 1.165) is 45.6 Å². The molecular weight excluding hydrogens is 322 g/mol. The zero-order valence-corrected chi connectivity index (χ0v) is 16.5. The zero-order chi connectivity index (χ0) is 18.4. The molecule has 3 rings (SSSR count). The predicted octanol–water partition coefficient (Wildman–Crippen LogP) is 2.79. The molecule has 1 aromatic rings. The molecule has 2 atom stereocenters. The van der Waals surface area contributed by atoms with Gasteiger partial charge in [0.25, 0.3) is 0 Å². The number of hydrogen-bond donors (Lipinski definition) is 1. The lowest BCUT2D eigenvalue weighted by Crippen LogP contribution is -2.51. The standard InChI is InChI=1S/C22H35N3O/c1-3-25-13-9-19(10-14-25)16-22(26)23-21-11-12-24(2)17-20(21)15-18-7-5-4-6-8-18/h4-8,19-21H,3,9-17H2,1-2H3,(H,23,26)/t20-,21+/m1/s1. The van der Waals surface area contributed by atoms with Crippen LogP contribution in [-0.4, -0.2) is 61.5 Å². The molecule has 26 heavy (non-hydrogen) atoms. The summed E-state index contributed by atoms with van der Waals surface area (Å²) in [6.07, 6.45) is 5.16. The fourth-order valence-electron chi connectivity index (χ4n) is 4.56. The molecule has 4 nitrogen and oxygen atoms in total. The summed E-state index contributed by atoms with van der Waals surface area (Å²) in [5, 5.41) is 3.40. The SMILES string of the molecule is CCN1CCC(CC(=O)N[C@H]2CCN(C)C[C@H]2Cc2ccccc2)CC1. The van der Waals surface area contributed by atoms with Gasteiger partial charge in [-0.2, -0.15) is 0 Å². The highest BCUT2D eigenvalue weighted by Crippen LogP contribution is 2.23. The van der Waals surface area contributed by atoms with Gasteiger partial charge in [-0.05, 0) is 76.3 Å². The molecule has 0 bridgehead atoms. The van der Waals surface area contributed by atoms with Crippen LogP contribution in [-0.2, 0) is 11.2 Å². The Morgan fingerprint density at radius 2 is 1.85 bits per heavy atom. The maximum Gasteiger partial charge on any atom is 0.220 e. The van der Waals surface area contributed by atoms with E-state index in [1.54, 1.807) is 0 Å². The predicted molar refractivity (Wildman–Crippen MR) is 107 cm³/mol. The third-order valence-corrected chi connectivity index (χ3v) is 6.25. The van der Waals surface area contributed by atoms with Gasteiger partial charge < -0.3 is 15.1 Å². The van der Waals surface area contributed by atoms with Crippen LogP contribution in [0.2, 0.25) is 0 Å². The van der Waals surface area contributed by atoms with Crippen LogP contribution < -0.4 is 5.32 Å². The second-order valence-electron chi connectivity index (χ2n) is 8.26. The normalized spacial score (nSPS) is 25.9. The van der Waals surface area contributed by atoms with E-state index in [4.69, 9.17) is 0 Å². The third-order valence-electron chi connectivity index (χ3n) is 6.25. The maximum atomic E-state index is 12.7. The maximum absolute atomic E-state index is 12.7. The smallest absolute Gasteiger partial charge is 0.220 e. The van der Waals surface area contributed by atoms with Crippen LogP contribution >= 0.6 is 0 Å². The van der Waals surface area contributed by atoms with Crippen molar-refractivity contribution >= 4 is 5.91 Å². The summed E-state index contributed by atoms with van der Waals surface area (Å²) in [5.41, 5.74) is 1.37. The quantitative estimate of drug-likeness (QED) is 0.850. The number of piperidine rings is 2. The van der Waals surface area contributed by atoms with Gasteiger partial charge in [-0.15, -0.1) is 0 Å². The zero-order valence-electron chi connectivity index (χ0n) is 16.5. The number of benzene rings is 1. The van der Waals surface area contributed by atoms with E-state index in [-0.39, 0.29) is 5.91 Å². The highest BCUT2D eigenvalue weighted by Gasteiger charge is 2.30. The molecule has 4 heteroatoms. The lowest BCUT2D eigenvalue weighted by molar-refractivity contribution is -0.123. The van der Waals surface area contributed by atoms with Crippen LogP contribution in [0.5, 0.6) is 0 Å². The fourth-order valence-corrected chi connectivity index (χ4v) is 4.56. The van der Waals surface area contributed by atoms with E-state index in [2.05, 4.69) is 59.4 Å². The van der Waals surface area contributed by atoms with E-state index >= 15 is 0 Å². The molecule has 2 saturated heterocycles. The molecule has 0 saturated carbocycles. The summed E-state index contributed by atoms with van der Waals surface area (Å²) in [5.74, 6) is 1.34. The lowest BCUT2D eigenvalue weighted by atomic mass is 9.86. The van der Waals surface area contributed by atoms with E-state index in [0.29, 0.717) is 24.3 Å². The van der Waals surface area contributed by atoms with Crippen molar-refractivity contribution in [1.82, 2.24) is 15.1 Å². The molecule has 0 aromatic heterocycles. The van der Waals surface area contributed by atoms with Gasteiger partial charge in [0.15, 0.2) is 0 Å². The van der Waals surface area contributed by atoms with E-state index in [1.807, 2.05) is 0 Å². The topological polar surface area (TPSA) is 35.6 Å². The summed E-state index contributed by atoms with van der Waals surface area (Å²) in [4.78, 5) is 17.6. The van der Waals surface area contributed by atoms with Gasteiger partial charge >= 0.3 is 0 Å². The Morgan fingerprint density at radius 1 is 1.12 bits per heavy atom. The number of hydrogen-bond acceptors (Lipinski definition) is 3. The van der Waals surface area contributed by atoms with E-state index in [9.17, 15) is 4.79 Å². The molecule has 2 aliphatic heterocycles. The van der Waals surface area contributed by atoms with Crippen molar-refractivity contribution in [2.75, 3.05) is 39.8 Å². The van der Waals surface area contributed by atoms with Crippen molar-refractivity contribution in [2.24, 2.45) is 11.8 Å². The number of carbonyl (C=O) groups excluding carboxylic acids is 1. The lowest BCUT2D eigenvalue weighted by Gasteiger charge is -2.38. The van der Waals surface area contributed by atoms with Gasteiger partial charge in [-0.3, -0.25) is 4.79 Å². The largest absolute Gasteiger partial charge is 0.353 e. The Labute approximate surface area is 158 Å². The molecule has 0 unspecified atom stereocenters. The minimum Gasteiger partial charge on any atom is -0.353 e. The third kappa shape index (κ3) is 5.55. The molecule has 144 valence electrons. The first-order valence-corrected chi connectivity index (χ1v) is 10.4. The molecule has 2 aliphatic rings. The molecule has 0 radical (unpaired) electrons. The minimum atomic E-state index is 0.271. The number of amides is 1. The van der Waals surface area contributed by atoms with Crippen LogP contribution in [0.3, 0.4) is 0 Å². The number of nitrogens with one attached hydrogen (secondary N) is 1. The van der Waals surface area contributed by atoms with Crippen molar-refractivity contribution in [3.05, 3.63) is 35.9 Å². The van der Waals surface area contributed by atoms with Crippen LogP contribution in [0.25, 0.3) is 0 Å². The van der Waals surface area contributed by atoms with Gasteiger partial charge in [0.1, 0.15) is 0 Å². The van der Waals surface area contributed by atoms with Gasteiger partial charge in [0.05, 0.1) is 0 Å². The molecule has 0 aliphatic carbocycles. The number of likely N-dealkylation sites (tertiary alicyclic amines) is 2. The Balaban J connectivity index is 1.51. The fraction of sp³-hybridized carbons (Fsp3) is 0.682. The van der Waals surface area contributed by atoms with Gasteiger partial charge in [0, 0.05) is 19.0 Å². The van der Waals surface area contributed by atoms with Gasteiger partial charge in [-0.1, -0.05) is 37.3 Å². The monoisotopic (exact) mass is 357 g/mol. The summed E-state index contributed by atoms with van der Waals surface area (Å²) < 4.78 is 0. The number of nitrogens with zero attached hydrogens (tertiary/aromatic N) is 2. The molecule has 0 spiro atoms. The van der Waals surface area contributed by atoms with Gasteiger partial charge in [-0.25, -0.2) is 0 Å². The minimum absolute atomic E-state index is 0.271. The molecular formula is C22H35N3O. The highest BCUT2D eigenvalue weighted by atomic mass is 16.1. The van der Waals surface area contributed by atoms with Crippen molar-refractivity contribution in [3.63, 3.8) is 0 Å². The second-order valence-corrected chi connectivity index (χ2v) is 8.26. The van der Waals surface area contributed by atoms with Crippen LogP contribution in [0.15, 0.2) is 30.3 Å². The van der Waals surface area contributed by atoms with Crippen molar-refractivity contribution < 1.29 is 4.79 Å². The van der Waals surface area contributed by atoms with Crippen LogP contribution in [0, 0.1) is 11.8 Å². The Kier molecular flexibility index (Phi) is 7.09. The first-order chi connectivity index (χ1) is 12.6. The van der Waals surface area contributed by atoms with E-state index in [1.165, 1.54) is 18.4 Å². The van der Waals surface area contributed by atoms with Crippen LogP contribution in [0.1, 0.15) is 38.2 Å². The summed E-state index contributed by atoms with van der Waals surface area (Å²) in [6.45, 7) is 7.80. The average Bonchev–Trinajstić information content (AvgIpc) is 2.65. The van der Waals surface area contributed by atoms with Crippen molar-refractivity contribution in [2.45, 2.75) is 45.1 Å². The van der Waals surface area contributed by atoms with Crippen molar-refractivity contribution in [3.8, 4) is 0 Å². The number of rotatable bonds is 6. The summed E-state index contributed by atoms with van der Waals surface area (Å²) in [6, 6.07) is 11.0. The van der Waals surface area contributed by atoms with Gasteiger partial charge in [0.2, 0.25) is 5.91 Å².